The van der Waals surface area contributed by atoms with Crippen LogP contribution in [0.15, 0.2) is 0 Å². The first-order valence-electron chi connectivity index (χ1n) is 6.79. The Kier molecular flexibility index (Phi) is 5.95. The van der Waals surface area contributed by atoms with Crippen molar-refractivity contribution < 1.29 is 5.11 Å². The summed E-state index contributed by atoms with van der Waals surface area (Å²) in [5.74, 6) is 2.25. The number of rotatable bonds is 7. The van der Waals surface area contributed by atoms with E-state index in [0.29, 0.717) is 24.9 Å². The fraction of sp³-hybridized carbons (Fsp3) is 0.769. The maximum atomic E-state index is 9.52. The van der Waals surface area contributed by atoms with Crippen molar-refractivity contribution in [2.45, 2.75) is 45.6 Å². The number of nitrogens with zero attached hydrogens (tertiary/aromatic N) is 4. The molecule has 0 saturated carbocycles. The molecule has 1 atom stereocenters. The van der Waals surface area contributed by atoms with Crippen LogP contribution < -0.4 is 10.2 Å². The Morgan fingerprint density at radius 1 is 1.21 bits per heavy atom. The Labute approximate surface area is 115 Å². The van der Waals surface area contributed by atoms with Gasteiger partial charge in [-0.05, 0) is 12.8 Å². The van der Waals surface area contributed by atoms with Gasteiger partial charge in [-0.15, -0.1) is 0 Å². The molecule has 0 fully saturated rings. The molecule has 1 unspecified atom stereocenters. The lowest BCUT2D eigenvalue weighted by molar-refractivity contribution is 0.164. The molecule has 0 bridgehead atoms. The van der Waals surface area contributed by atoms with Gasteiger partial charge in [-0.1, -0.05) is 20.8 Å². The third-order valence-electron chi connectivity index (χ3n) is 2.79. The summed E-state index contributed by atoms with van der Waals surface area (Å²) in [5, 5.41) is 12.7. The number of aliphatic hydroxyl groups is 1. The third-order valence-corrected chi connectivity index (χ3v) is 2.79. The lowest BCUT2D eigenvalue weighted by Gasteiger charge is -2.15. The zero-order valence-corrected chi connectivity index (χ0v) is 12.5. The van der Waals surface area contributed by atoms with Gasteiger partial charge in [0.25, 0.3) is 0 Å². The predicted octanol–water partition coefficient (Wildman–Crippen LogP) is 1.63. The SMILES string of the molecule is CCC(O)CCNc1nc(C(C)C)nc(N(C)C)n1. The van der Waals surface area contributed by atoms with E-state index in [1.54, 1.807) is 0 Å². The van der Waals surface area contributed by atoms with Gasteiger partial charge in [-0.3, -0.25) is 0 Å². The molecule has 0 radical (unpaired) electrons. The van der Waals surface area contributed by atoms with E-state index >= 15 is 0 Å². The maximum absolute atomic E-state index is 9.52. The predicted molar refractivity (Wildman–Crippen MR) is 77.6 cm³/mol. The van der Waals surface area contributed by atoms with E-state index in [9.17, 15) is 5.11 Å². The second kappa shape index (κ2) is 7.23. The molecule has 0 aromatic carbocycles. The van der Waals surface area contributed by atoms with Gasteiger partial charge in [0.05, 0.1) is 6.10 Å². The molecule has 2 N–H and O–H groups in total. The highest BCUT2D eigenvalue weighted by Gasteiger charge is 2.11. The standard InChI is InChI=1S/C13H25N5O/c1-6-10(19)7-8-14-12-15-11(9(2)3)16-13(17-12)18(4)5/h9-10,19H,6-8H2,1-5H3,(H,14,15,16,17). The first-order chi connectivity index (χ1) is 8.93. The van der Waals surface area contributed by atoms with Gasteiger partial charge in [0.1, 0.15) is 5.82 Å². The Morgan fingerprint density at radius 3 is 2.42 bits per heavy atom. The van der Waals surface area contributed by atoms with Crippen LogP contribution in [0.2, 0.25) is 0 Å². The molecular formula is C13H25N5O. The van der Waals surface area contributed by atoms with Gasteiger partial charge in [0, 0.05) is 26.6 Å². The minimum atomic E-state index is -0.271. The fourth-order valence-corrected chi connectivity index (χ4v) is 1.47. The molecule has 1 rings (SSSR count). The smallest absolute Gasteiger partial charge is 0.229 e. The number of aromatic nitrogens is 3. The number of hydrogen-bond acceptors (Lipinski definition) is 6. The van der Waals surface area contributed by atoms with E-state index in [2.05, 4.69) is 34.1 Å². The monoisotopic (exact) mass is 267 g/mol. The lowest BCUT2D eigenvalue weighted by atomic mass is 10.2. The van der Waals surface area contributed by atoms with Gasteiger partial charge < -0.3 is 15.3 Å². The van der Waals surface area contributed by atoms with Crippen molar-refractivity contribution in [2.75, 3.05) is 30.9 Å². The van der Waals surface area contributed by atoms with E-state index in [4.69, 9.17) is 0 Å². The van der Waals surface area contributed by atoms with E-state index in [0.717, 1.165) is 12.2 Å². The average molecular weight is 267 g/mol. The minimum Gasteiger partial charge on any atom is -0.393 e. The number of hydrogen-bond donors (Lipinski definition) is 2. The molecule has 1 heterocycles. The van der Waals surface area contributed by atoms with E-state index in [1.165, 1.54) is 0 Å². The Hall–Kier alpha value is -1.43. The summed E-state index contributed by atoms with van der Waals surface area (Å²) in [4.78, 5) is 15.0. The molecule has 6 nitrogen and oxygen atoms in total. The Morgan fingerprint density at radius 2 is 1.89 bits per heavy atom. The van der Waals surface area contributed by atoms with Crippen molar-refractivity contribution in [3.63, 3.8) is 0 Å². The van der Waals surface area contributed by atoms with Gasteiger partial charge in [0.15, 0.2) is 0 Å². The highest BCUT2D eigenvalue weighted by Crippen LogP contribution is 2.14. The van der Waals surface area contributed by atoms with Crippen molar-refractivity contribution >= 4 is 11.9 Å². The molecule has 19 heavy (non-hydrogen) atoms. The van der Waals surface area contributed by atoms with Gasteiger partial charge in [0.2, 0.25) is 11.9 Å². The first-order valence-corrected chi connectivity index (χ1v) is 6.79. The largest absolute Gasteiger partial charge is 0.393 e. The van der Waals surface area contributed by atoms with Crippen LogP contribution in [0.25, 0.3) is 0 Å². The molecule has 1 aromatic rings. The maximum Gasteiger partial charge on any atom is 0.229 e. The quantitative estimate of drug-likeness (QED) is 0.782. The summed E-state index contributed by atoms with van der Waals surface area (Å²) in [7, 11) is 3.81. The van der Waals surface area contributed by atoms with Crippen LogP contribution in [0, 0.1) is 0 Å². The highest BCUT2D eigenvalue weighted by atomic mass is 16.3. The van der Waals surface area contributed by atoms with Gasteiger partial charge in [-0.25, -0.2) is 0 Å². The normalized spacial score (nSPS) is 12.6. The molecular weight excluding hydrogens is 242 g/mol. The van der Waals surface area contributed by atoms with Crippen LogP contribution in [-0.4, -0.2) is 46.8 Å². The third kappa shape index (κ3) is 4.98. The van der Waals surface area contributed by atoms with Crippen molar-refractivity contribution in [1.82, 2.24) is 15.0 Å². The summed E-state index contributed by atoms with van der Waals surface area (Å²) in [6, 6.07) is 0. The molecule has 1 aromatic heterocycles. The molecule has 0 amide bonds. The van der Waals surface area contributed by atoms with Crippen LogP contribution in [0.5, 0.6) is 0 Å². The van der Waals surface area contributed by atoms with E-state index in [-0.39, 0.29) is 12.0 Å². The van der Waals surface area contributed by atoms with Crippen molar-refractivity contribution in [3.05, 3.63) is 5.82 Å². The van der Waals surface area contributed by atoms with Gasteiger partial charge in [-0.2, -0.15) is 15.0 Å². The summed E-state index contributed by atoms with van der Waals surface area (Å²) in [6.45, 7) is 6.73. The second-order valence-corrected chi connectivity index (χ2v) is 5.14. The average Bonchev–Trinajstić information content (AvgIpc) is 2.38. The first kappa shape index (κ1) is 15.6. The zero-order chi connectivity index (χ0) is 14.4. The fourth-order valence-electron chi connectivity index (χ4n) is 1.47. The topological polar surface area (TPSA) is 74.2 Å². The van der Waals surface area contributed by atoms with Crippen LogP contribution in [-0.2, 0) is 0 Å². The van der Waals surface area contributed by atoms with Crippen LogP contribution in [0.4, 0.5) is 11.9 Å². The van der Waals surface area contributed by atoms with Crippen LogP contribution >= 0.6 is 0 Å². The highest BCUT2D eigenvalue weighted by molar-refractivity contribution is 5.36. The van der Waals surface area contributed by atoms with E-state index in [1.807, 2.05) is 25.9 Å². The zero-order valence-electron chi connectivity index (χ0n) is 12.5. The summed E-state index contributed by atoms with van der Waals surface area (Å²) in [6.07, 6.45) is 1.18. The molecule has 0 spiro atoms. The molecule has 0 aliphatic carbocycles. The summed E-state index contributed by atoms with van der Waals surface area (Å²) < 4.78 is 0. The number of aliphatic hydroxyl groups excluding tert-OH is 1. The van der Waals surface area contributed by atoms with Crippen molar-refractivity contribution in [1.29, 1.82) is 0 Å². The molecule has 0 aliphatic heterocycles. The Bertz CT molecular complexity index is 368. The van der Waals surface area contributed by atoms with Crippen LogP contribution in [0.1, 0.15) is 45.4 Å². The molecule has 108 valence electrons. The second-order valence-electron chi connectivity index (χ2n) is 5.14. The minimum absolute atomic E-state index is 0.253. The van der Waals surface area contributed by atoms with Crippen molar-refractivity contribution in [3.8, 4) is 0 Å². The Balaban J connectivity index is 2.76. The van der Waals surface area contributed by atoms with Crippen molar-refractivity contribution in [2.24, 2.45) is 0 Å². The lowest BCUT2D eigenvalue weighted by Crippen LogP contribution is -2.19. The number of nitrogens with one attached hydrogen (secondary N) is 1. The molecule has 0 aliphatic rings. The summed E-state index contributed by atoms with van der Waals surface area (Å²) >= 11 is 0. The number of anilines is 2. The van der Waals surface area contributed by atoms with Crippen LogP contribution in [0.3, 0.4) is 0 Å². The van der Waals surface area contributed by atoms with Gasteiger partial charge >= 0.3 is 0 Å². The molecule has 0 saturated heterocycles. The van der Waals surface area contributed by atoms with E-state index < -0.39 is 0 Å². The molecule has 6 heteroatoms. The summed E-state index contributed by atoms with van der Waals surface area (Å²) in [5.41, 5.74) is 0.